The smallest absolute Gasteiger partial charge is 0.0248 e. The molecule has 1 aromatic heterocycles. The summed E-state index contributed by atoms with van der Waals surface area (Å²) in [6.45, 7) is 2.27. The minimum atomic E-state index is 1.27. The third-order valence-corrected chi connectivity index (χ3v) is 4.15. The van der Waals surface area contributed by atoms with Crippen LogP contribution in [0.15, 0.2) is 11.4 Å². The van der Waals surface area contributed by atoms with Crippen LogP contribution >= 0.6 is 20.6 Å². The molecular formula is C12H21PS. The second-order valence-electron chi connectivity index (χ2n) is 3.83. The third kappa shape index (κ3) is 4.57. The molecular weight excluding hydrogens is 207 g/mol. The van der Waals surface area contributed by atoms with Crippen LogP contribution in [0, 0.1) is 0 Å². The molecule has 0 aromatic carbocycles. The Bertz CT molecular complexity index is 242. The molecule has 1 heterocycles. The molecule has 80 valence electrons. The van der Waals surface area contributed by atoms with Gasteiger partial charge in [-0.3, -0.25) is 0 Å². The summed E-state index contributed by atoms with van der Waals surface area (Å²) in [7, 11) is 2.83. The Balaban J connectivity index is 2.02. The second kappa shape index (κ2) is 7.43. The van der Waals surface area contributed by atoms with E-state index in [-0.39, 0.29) is 0 Å². The molecule has 1 aromatic rings. The van der Waals surface area contributed by atoms with Crippen LogP contribution in [0.25, 0.3) is 0 Å². The van der Waals surface area contributed by atoms with E-state index in [4.69, 9.17) is 0 Å². The molecule has 0 fully saturated rings. The first-order valence-electron chi connectivity index (χ1n) is 5.66. The van der Waals surface area contributed by atoms with Crippen LogP contribution in [0.3, 0.4) is 0 Å². The lowest BCUT2D eigenvalue weighted by Crippen LogP contribution is -1.93. The van der Waals surface area contributed by atoms with E-state index in [1.807, 2.05) is 11.3 Å². The molecule has 0 bridgehead atoms. The molecule has 0 aliphatic rings. The van der Waals surface area contributed by atoms with Crippen LogP contribution in [0.5, 0.6) is 0 Å². The van der Waals surface area contributed by atoms with Crippen molar-refractivity contribution < 1.29 is 0 Å². The SMILES string of the molecule is CCCCCCCCc1ccsc1P. The molecule has 0 spiro atoms. The van der Waals surface area contributed by atoms with Crippen LogP contribution < -0.4 is 4.62 Å². The predicted molar refractivity (Wildman–Crippen MR) is 70.7 cm³/mol. The van der Waals surface area contributed by atoms with Gasteiger partial charge in [0.1, 0.15) is 0 Å². The van der Waals surface area contributed by atoms with Crippen molar-refractivity contribution in [2.75, 3.05) is 0 Å². The van der Waals surface area contributed by atoms with Gasteiger partial charge in [-0.05, 0) is 29.9 Å². The van der Waals surface area contributed by atoms with Gasteiger partial charge in [0.25, 0.3) is 0 Å². The zero-order valence-electron chi connectivity index (χ0n) is 9.09. The van der Waals surface area contributed by atoms with Gasteiger partial charge in [0, 0.05) is 4.62 Å². The Morgan fingerprint density at radius 1 is 1.14 bits per heavy atom. The zero-order chi connectivity index (χ0) is 10.2. The summed E-state index contributed by atoms with van der Waals surface area (Å²) in [5, 5.41) is 2.19. The van der Waals surface area contributed by atoms with E-state index in [1.54, 1.807) is 0 Å². The first-order chi connectivity index (χ1) is 6.84. The van der Waals surface area contributed by atoms with E-state index in [9.17, 15) is 0 Å². The van der Waals surface area contributed by atoms with Crippen LogP contribution in [0.4, 0.5) is 0 Å². The Morgan fingerprint density at radius 3 is 2.50 bits per heavy atom. The highest BCUT2D eigenvalue weighted by Gasteiger charge is 1.98. The summed E-state index contributed by atoms with van der Waals surface area (Å²) in [6.07, 6.45) is 9.64. The Kier molecular flexibility index (Phi) is 6.47. The number of thiophene rings is 1. The number of hydrogen-bond acceptors (Lipinski definition) is 1. The summed E-state index contributed by atoms with van der Waals surface area (Å²) in [5.74, 6) is 0. The minimum Gasteiger partial charge on any atom is -0.144 e. The maximum atomic E-state index is 2.83. The van der Waals surface area contributed by atoms with Crippen molar-refractivity contribution >= 4 is 25.2 Å². The minimum absolute atomic E-state index is 1.27. The summed E-state index contributed by atoms with van der Waals surface area (Å²) >= 11 is 1.84. The fourth-order valence-corrected chi connectivity index (χ4v) is 2.83. The maximum Gasteiger partial charge on any atom is 0.0248 e. The molecule has 1 unspecified atom stereocenters. The molecule has 0 saturated carbocycles. The largest absolute Gasteiger partial charge is 0.144 e. The van der Waals surface area contributed by atoms with Gasteiger partial charge in [0.05, 0.1) is 0 Å². The lowest BCUT2D eigenvalue weighted by molar-refractivity contribution is 0.608. The Morgan fingerprint density at radius 2 is 1.86 bits per heavy atom. The number of rotatable bonds is 7. The summed E-state index contributed by atoms with van der Waals surface area (Å²) in [5.41, 5.74) is 1.54. The van der Waals surface area contributed by atoms with E-state index in [0.29, 0.717) is 0 Å². The van der Waals surface area contributed by atoms with Gasteiger partial charge < -0.3 is 0 Å². The molecule has 0 nitrogen and oxygen atoms in total. The molecule has 1 atom stereocenters. The first kappa shape index (κ1) is 12.2. The molecule has 0 aliphatic carbocycles. The highest BCUT2D eigenvalue weighted by atomic mass is 32.1. The van der Waals surface area contributed by atoms with Crippen molar-refractivity contribution in [1.29, 1.82) is 0 Å². The van der Waals surface area contributed by atoms with E-state index in [2.05, 4.69) is 27.6 Å². The topological polar surface area (TPSA) is 0 Å². The van der Waals surface area contributed by atoms with Gasteiger partial charge >= 0.3 is 0 Å². The third-order valence-electron chi connectivity index (χ3n) is 2.58. The lowest BCUT2D eigenvalue weighted by atomic mass is 10.1. The van der Waals surface area contributed by atoms with E-state index < -0.39 is 0 Å². The van der Waals surface area contributed by atoms with Gasteiger partial charge in [0.2, 0.25) is 0 Å². The van der Waals surface area contributed by atoms with E-state index in [0.717, 1.165) is 0 Å². The normalized spacial score (nSPS) is 10.7. The summed E-state index contributed by atoms with van der Waals surface area (Å²) in [4.78, 5) is 0. The highest BCUT2D eigenvalue weighted by molar-refractivity contribution is 7.43. The zero-order valence-corrected chi connectivity index (χ0v) is 11.1. The average molecular weight is 228 g/mol. The quantitative estimate of drug-likeness (QED) is 0.486. The summed E-state index contributed by atoms with van der Waals surface area (Å²) in [6, 6.07) is 2.26. The molecule has 0 amide bonds. The van der Waals surface area contributed by atoms with Crippen LogP contribution in [0.2, 0.25) is 0 Å². The van der Waals surface area contributed by atoms with E-state index >= 15 is 0 Å². The fraction of sp³-hybridized carbons (Fsp3) is 0.667. The molecule has 0 radical (unpaired) electrons. The fourth-order valence-electron chi connectivity index (χ4n) is 1.65. The van der Waals surface area contributed by atoms with Crippen molar-refractivity contribution in [1.82, 2.24) is 0 Å². The average Bonchev–Trinajstić information content (AvgIpc) is 2.58. The second-order valence-corrected chi connectivity index (χ2v) is 5.77. The van der Waals surface area contributed by atoms with Gasteiger partial charge in [-0.25, -0.2) is 0 Å². The van der Waals surface area contributed by atoms with E-state index in [1.165, 1.54) is 55.1 Å². The van der Waals surface area contributed by atoms with Crippen molar-refractivity contribution in [2.45, 2.75) is 51.9 Å². The number of aryl methyl sites for hydroxylation is 1. The molecule has 1 rings (SSSR count). The van der Waals surface area contributed by atoms with Crippen molar-refractivity contribution in [3.8, 4) is 0 Å². The molecule has 2 heteroatoms. The number of unbranched alkanes of at least 4 members (excludes halogenated alkanes) is 5. The van der Waals surface area contributed by atoms with Crippen molar-refractivity contribution in [2.24, 2.45) is 0 Å². The Hall–Kier alpha value is 0.130. The van der Waals surface area contributed by atoms with Gasteiger partial charge in [-0.2, -0.15) is 0 Å². The monoisotopic (exact) mass is 228 g/mol. The first-order valence-corrected chi connectivity index (χ1v) is 7.12. The Labute approximate surface area is 94.3 Å². The van der Waals surface area contributed by atoms with Crippen LogP contribution in [0.1, 0.15) is 51.0 Å². The highest BCUT2D eigenvalue weighted by Crippen LogP contribution is 2.13. The molecule has 0 saturated heterocycles. The maximum absolute atomic E-state index is 2.83. The lowest BCUT2D eigenvalue weighted by Gasteiger charge is -2.00. The van der Waals surface area contributed by atoms with Crippen LogP contribution in [-0.4, -0.2) is 0 Å². The van der Waals surface area contributed by atoms with Gasteiger partial charge in [-0.15, -0.1) is 11.3 Å². The predicted octanol–water partition coefficient (Wildman–Crippen LogP) is 4.15. The van der Waals surface area contributed by atoms with Gasteiger partial charge in [0.15, 0.2) is 0 Å². The van der Waals surface area contributed by atoms with Gasteiger partial charge in [-0.1, -0.05) is 48.3 Å². The van der Waals surface area contributed by atoms with Crippen LogP contribution in [-0.2, 0) is 6.42 Å². The number of hydrogen-bond donors (Lipinski definition) is 0. The van der Waals surface area contributed by atoms with Crippen molar-refractivity contribution in [3.05, 3.63) is 17.0 Å². The molecule has 14 heavy (non-hydrogen) atoms. The summed E-state index contributed by atoms with van der Waals surface area (Å²) < 4.78 is 1.43. The molecule has 0 N–H and O–H groups in total. The standard InChI is InChI=1S/C12H21PS/c1-2-3-4-5-6-7-8-11-9-10-14-12(11)13/h9-10H,2-8,13H2,1H3. The van der Waals surface area contributed by atoms with Crippen molar-refractivity contribution in [3.63, 3.8) is 0 Å². The molecule has 0 aliphatic heterocycles.